The minimum absolute atomic E-state index is 0.0581. The van der Waals surface area contributed by atoms with Gasteiger partial charge in [0.15, 0.2) is 11.0 Å². The van der Waals surface area contributed by atoms with Crippen LogP contribution in [0.25, 0.3) is 16.7 Å². The summed E-state index contributed by atoms with van der Waals surface area (Å²) in [5.41, 5.74) is 0.678. The van der Waals surface area contributed by atoms with Crippen molar-refractivity contribution in [2.75, 3.05) is 6.61 Å². The molecule has 0 saturated carbocycles. The van der Waals surface area contributed by atoms with Gasteiger partial charge in [0.25, 0.3) is 0 Å². The summed E-state index contributed by atoms with van der Waals surface area (Å²) in [5.74, 6) is -2.41. The quantitative estimate of drug-likeness (QED) is 0.193. The van der Waals surface area contributed by atoms with Crippen LogP contribution in [0.15, 0.2) is 53.2 Å². The molecule has 3 rings (SSSR count). The molecule has 29 heavy (non-hydrogen) atoms. The number of esters is 1. The molecular weight excluding hydrogens is 420 g/mol. The third kappa shape index (κ3) is 4.52. The Bertz CT molecular complexity index is 1140. The summed E-state index contributed by atoms with van der Waals surface area (Å²) >= 11 is 11.5. The van der Waals surface area contributed by atoms with E-state index in [0.29, 0.717) is 11.2 Å². The summed E-state index contributed by atoms with van der Waals surface area (Å²) in [6, 6.07) is 9.74. The van der Waals surface area contributed by atoms with Crippen molar-refractivity contribution in [3.05, 3.63) is 69.9 Å². The first-order valence-electron chi connectivity index (χ1n) is 8.42. The molecule has 0 aliphatic heterocycles. The lowest BCUT2D eigenvalue weighted by atomic mass is 10.1. The molecule has 3 aromatic rings. The van der Waals surface area contributed by atoms with Crippen LogP contribution >= 0.6 is 23.2 Å². The van der Waals surface area contributed by atoms with Crippen LogP contribution in [0, 0.1) is 5.82 Å². The van der Waals surface area contributed by atoms with E-state index >= 15 is 0 Å². The summed E-state index contributed by atoms with van der Waals surface area (Å²) in [7, 11) is 0. The van der Waals surface area contributed by atoms with Crippen molar-refractivity contribution in [2.24, 2.45) is 4.99 Å². The molecule has 0 atom stereocenters. The first kappa shape index (κ1) is 20.7. The van der Waals surface area contributed by atoms with Crippen LogP contribution in [0.3, 0.4) is 0 Å². The van der Waals surface area contributed by atoms with Crippen molar-refractivity contribution in [1.29, 1.82) is 0 Å². The Morgan fingerprint density at radius 1 is 1.28 bits per heavy atom. The number of ether oxygens (including phenoxy) is 1. The normalized spacial score (nSPS) is 12.3. The lowest BCUT2D eigenvalue weighted by molar-refractivity contribution is -0.137. The van der Waals surface area contributed by atoms with E-state index in [1.165, 1.54) is 0 Å². The van der Waals surface area contributed by atoms with Crippen LogP contribution < -0.4 is 0 Å². The number of hydrogen-bond acceptors (Lipinski definition) is 6. The number of rotatable bonds is 5. The Labute approximate surface area is 175 Å². The van der Waals surface area contributed by atoms with E-state index in [1.807, 2.05) is 12.1 Å². The predicted octanol–water partition coefficient (Wildman–Crippen LogP) is 5.31. The SMILES string of the molecule is CCOC(=O)/C(C=Nc1cccc2ncccc12)=C(\O)c1cc(F)c(Cl)nc1Cl. The molecule has 0 spiro atoms. The van der Waals surface area contributed by atoms with E-state index in [4.69, 9.17) is 27.9 Å². The number of benzene rings is 1. The Kier molecular flexibility index (Phi) is 6.41. The van der Waals surface area contributed by atoms with Gasteiger partial charge in [-0.15, -0.1) is 0 Å². The standard InChI is InChI=1S/C20H14Cl2FN3O3/c1-2-29-20(28)13(17(27)12-9-14(23)19(22)26-18(12)21)10-25-16-7-3-6-15-11(16)5-4-8-24-15/h3-10,27H,2H2,1H3/b17-13-,25-10?. The minimum atomic E-state index is -0.905. The van der Waals surface area contributed by atoms with Crippen molar-refractivity contribution >= 4 is 57.7 Å². The van der Waals surface area contributed by atoms with Gasteiger partial charge in [0.2, 0.25) is 0 Å². The second-order valence-electron chi connectivity index (χ2n) is 5.69. The van der Waals surface area contributed by atoms with Gasteiger partial charge in [-0.1, -0.05) is 29.3 Å². The van der Waals surface area contributed by atoms with Gasteiger partial charge in [0, 0.05) is 17.8 Å². The molecule has 9 heteroatoms. The van der Waals surface area contributed by atoms with Gasteiger partial charge < -0.3 is 9.84 Å². The number of carbonyl (C=O) groups excluding carboxylic acids is 1. The molecular formula is C20H14Cl2FN3O3. The third-order valence-electron chi connectivity index (χ3n) is 3.85. The summed E-state index contributed by atoms with van der Waals surface area (Å²) in [6.45, 7) is 1.67. The molecule has 2 aromatic heterocycles. The maximum absolute atomic E-state index is 13.8. The van der Waals surface area contributed by atoms with Crippen molar-refractivity contribution in [3.63, 3.8) is 0 Å². The fourth-order valence-corrected chi connectivity index (χ4v) is 2.92. The summed E-state index contributed by atoms with van der Waals surface area (Å²) in [6.07, 6.45) is 2.77. The first-order valence-corrected chi connectivity index (χ1v) is 9.18. The summed E-state index contributed by atoms with van der Waals surface area (Å²) in [4.78, 5) is 24.5. The van der Waals surface area contributed by atoms with Crippen LogP contribution in [-0.4, -0.2) is 33.9 Å². The number of aliphatic hydroxyl groups is 1. The maximum atomic E-state index is 13.8. The van der Waals surface area contributed by atoms with Gasteiger partial charge in [0.1, 0.15) is 16.5 Å². The number of nitrogens with zero attached hydrogens (tertiary/aromatic N) is 3. The molecule has 148 valence electrons. The highest BCUT2D eigenvalue weighted by Crippen LogP contribution is 2.28. The highest BCUT2D eigenvalue weighted by atomic mass is 35.5. The Balaban J connectivity index is 2.13. The van der Waals surface area contributed by atoms with Gasteiger partial charge in [-0.25, -0.2) is 14.2 Å². The van der Waals surface area contributed by atoms with E-state index in [0.717, 1.165) is 17.7 Å². The van der Waals surface area contributed by atoms with Crippen LogP contribution in [0.5, 0.6) is 0 Å². The lowest BCUT2D eigenvalue weighted by Gasteiger charge is -2.09. The second-order valence-corrected chi connectivity index (χ2v) is 6.40. The Morgan fingerprint density at radius 2 is 2.07 bits per heavy atom. The number of aliphatic imine (C=N–C) groups is 1. The fourth-order valence-electron chi connectivity index (χ4n) is 2.51. The number of hydrogen-bond donors (Lipinski definition) is 1. The van der Waals surface area contributed by atoms with E-state index in [2.05, 4.69) is 15.0 Å². The van der Waals surface area contributed by atoms with Gasteiger partial charge in [0.05, 0.1) is 23.4 Å². The monoisotopic (exact) mass is 433 g/mol. The molecule has 6 nitrogen and oxygen atoms in total. The topological polar surface area (TPSA) is 84.7 Å². The number of halogens is 3. The molecule has 1 aromatic carbocycles. The number of fused-ring (bicyclic) bond motifs is 1. The molecule has 0 aliphatic rings. The zero-order valence-corrected chi connectivity index (χ0v) is 16.6. The van der Waals surface area contributed by atoms with Crippen LogP contribution in [0.1, 0.15) is 12.5 Å². The molecule has 2 heterocycles. The van der Waals surface area contributed by atoms with Crippen molar-refractivity contribution in [2.45, 2.75) is 6.92 Å². The van der Waals surface area contributed by atoms with Gasteiger partial charge in [-0.3, -0.25) is 9.98 Å². The number of aromatic nitrogens is 2. The first-order chi connectivity index (χ1) is 13.9. The summed E-state index contributed by atoms with van der Waals surface area (Å²) < 4.78 is 18.8. The van der Waals surface area contributed by atoms with E-state index in [9.17, 15) is 14.3 Å². The zero-order chi connectivity index (χ0) is 21.0. The van der Waals surface area contributed by atoms with Gasteiger partial charge in [-0.2, -0.15) is 0 Å². The average molecular weight is 434 g/mol. The molecule has 0 aliphatic carbocycles. The van der Waals surface area contributed by atoms with Crippen LogP contribution in [-0.2, 0) is 9.53 Å². The largest absolute Gasteiger partial charge is 0.506 e. The minimum Gasteiger partial charge on any atom is -0.506 e. The fraction of sp³-hybridized carbons (Fsp3) is 0.100. The highest BCUT2D eigenvalue weighted by molar-refractivity contribution is 6.34. The molecule has 0 bridgehead atoms. The third-order valence-corrected chi connectivity index (χ3v) is 4.40. The summed E-state index contributed by atoms with van der Waals surface area (Å²) in [5, 5.41) is 10.6. The molecule has 0 saturated heterocycles. The lowest BCUT2D eigenvalue weighted by Crippen LogP contribution is -2.11. The number of pyridine rings is 2. The maximum Gasteiger partial charge on any atom is 0.343 e. The molecule has 0 amide bonds. The number of aliphatic hydroxyl groups excluding tert-OH is 1. The smallest absolute Gasteiger partial charge is 0.343 e. The number of carbonyl (C=O) groups is 1. The second kappa shape index (κ2) is 8.98. The van der Waals surface area contributed by atoms with Crippen molar-refractivity contribution in [1.82, 2.24) is 9.97 Å². The van der Waals surface area contributed by atoms with Crippen molar-refractivity contribution < 1.29 is 19.0 Å². The van der Waals surface area contributed by atoms with Gasteiger partial charge in [-0.05, 0) is 37.3 Å². The zero-order valence-electron chi connectivity index (χ0n) is 15.1. The molecule has 0 radical (unpaired) electrons. The Morgan fingerprint density at radius 3 is 2.83 bits per heavy atom. The molecule has 0 fully saturated rings. The van der Waals surface area contributed by atoms with Gasteiger partial charge >= 0.3 is 5.97 Å². The van der Waals surface area contributed by atoms with E-state index in [-0.39, 0.29) is 22.9 Å². The van der Waals surface area contributed by atoms with E-state index in [1.54, 1.807) is 31.3 Å². The van der Waals surface area contributed by atoms with Crippen LogP contribution in [0.2, 0.25) is 10.3 Å². The van der Waals surface area contributed by atoms with Crippen molar-refractivity contribution in [3.8, 4) is 0 Å². The van der Waals surface area contributed by atoms with E-state index < -0.39 is 22.7 Å². The molecule has 0 unspecified atom stereocenters. The Hall–Kier alpha value is -3.03. The molecule has 1 N–H and O–H groups in total. The highest BCUT2D eigenvalue weighted by Gasteiger charge is 2.20. The average Bonchev–Trinajstić information content (AvgIpc) is 2.71. The predicted molar refractivity (Wildman–Crippen MR) is 110 cm³/mol. The van der Waals surface area contributed by atoms with Crippen LogP contribution in [0.4, 0.5) is 10.1 Å².